The number of thiazole rings is 1. The standard InChI is InChI=1S/C7H11BrN2S/c1-10(4-2-8)6-7-9-3-5-11-7/h3,5H,2,4,6H2,1H3. The van der Waals surface area contributed by atoms with Gasteiger partial charge < -0.3 is 0 Å². The highest BCUT2D eigenvalue weighted by Crippen LogP contribution is 2.06. The minimum absolute atomic E-state index is 0.962. The van der Waals surface area contributed by atoms with Gasteiger partial charge in [0, 0.05) is 23.5 Å². The number of halogens is 1. The molecule has 0 saturated heterocycles. The van der Waals surface area contributed by atoms with Crippen molar-refractivity contribution in [1.29, 1.82) is 0 Å². The minimum Gasteiger partial charge on any atom is -0.299 e. The van der Waals surface area contributed by atoms with Gasteiger partial charge in [0.1, 0.15) is 5.01 Å². The smallest absolute Gasteiger partial charge is 0.107 e. The highest BCUT2D eigenvalue weighted by Gasteiger charge is 1.99. The van der Waals surface area contributed by atoms with Crippen LogP contribution in [0, 0.1) is 0 Å². The fourth-order valence-corrected chi connectivity index (χ4v) is 2.09. The second kappa shape index (κ2) is 4.85. The second-order valence-corrected chi connectivity index (χ2v) is 4.12. The first-order valence-corrected chi connectivity index (χ1v) is 5.46. The number of hydrogen-bond donors (Lipinski definition) is 0. The van der Waals surface area contributed by atoms with E-state index in [1.807, 2.05) is 11.6 Å². The molecule has 1 heterocycles. The van der Waals surface area contributed by atoms with Crippen LogP contribution in [0.5, 0.6) is 0 Å². The number of aromatic nitrogens is 1. The molecule has 1 rings (SSSR count). The Morgan fingerprint density at radius 1 is 1.73 bits per heavy atom. The van der Waals surface area contributed by atoms with E-state index >= 15 is 0 Å². The summed E-state index contributed by atoms with van der Waals surface area (Å²) < 4.78 is 0. The molecule has 0 N–H and O–H groups in total. The molecule has 0 saturated carbocycles. The van der Waals surface area contributed by atoms with Crippen LogP contribution < -0.4 is 0 Å². The number of hydrogen-bond acceptors (Lipinski definition) is 3. The molecule has 0 atom stereocenters. The summed E-state index contributed by atoms with van der Waals surface area (Å²) in [6.07, 6.45) is 1.85. The lowest BCUT2D eigenvalue weighted by Gasteiger charge is -2.11. The highest BCUT2D eigenvalue weighted by molar-refractivity contribution is 9.09. The monoisotopic (exact) mass is 234 g/mol. The fourth-order valence-electron chi connectivity index (χ4n) is 0.785. The zero-order chi connectivity index (χ0) is 8.10. The van der Waals surface area contributed by atoms with Crippen LogP contribution in [0.1, 0.15) is 5.01 Å². The van der Waals surface area contributed by atoms with Crippen molar-refractivity contribution in [2.24, 2.45) is 0 Å². The van der Waals surface area contributed by atoms with Crippen LogP contribution in [-0.2, 0) is 6.54 Å². The Hall–Kier alpha value is 0.0700. The zero-order valence-electron chi connectivity index (χ0n) is 6.46. The lowest BCUT2D eigenvalue weighted by molar-refractivity contribution is 0.349. The number of rotatable bonds is 4. The quantitative estimate of drug-likeness (QED) is 0.742. The maximum atomic E-state index is 4.20. The predicted octanol–water partition coefficient (Wildman–Crippen LogP) is 1.97. The highest BCUT2D eigenvalue weighted by atomic mass is 79.9. The van der Waals surface area contributed by atoms with Crippen LogP contribution in [0.2, 0.25) is 0 Å². The molecule has 0 aromatic carbocycles. The van der Waals surface area contributed by atoms with Gasteiger partial charge in [-0.3, -0.25) is 4.90 Å². The van der Waals surface area contributed by atoms with Gasteiger partial charge >= 0.3 is 0 Å². The molecule has 4 heteroatoms. The summed E-state index contributed by atoms with van der Waals surface area (Å²) in [5.74, 6) is 0. The van der Waals surface area contributed by atoms with Crippen molar-refractivity contribution in [2.45, 2.75) is 6.54 Å². The van der Waals surface area contributed by atoms with E-state index in [9.17, 15) is 0 Å². The van der Waals surface area contributed by atoms with E-state index in [4.69, 9.17) is 0 Å². The molecule has 0 radical (unpaired) electrons. The Balaban J connectivity index is 2.31. The molecule has 2 nitrogen and oxygen atoms in total. The summed E-state index contributed by atoms with van der Waals surface area (Å²) in [5.41, 5.74) is 0. The van der Waals surface area contributed by atoms with Gasteiger partial charge in [0.2, 0.25) is 0 Å². The Labute approximate surface area is 79.4 Å². The molecule has 0 bridgehead atoms. The Bertz CT molecular complexity index is 188. The van der Waals surface area contributed by atoms with Crippen molar-refractivity contribution in [1.82, 2.24) is 9.88 Å². The van der Waals surface area contributed by atoms with Crippen LogP contribution in [0.3, 0.4) is 0 Å². The lowest BCUT2D eigenvalue weighted by Crippen LogP contribution is -2.19. The molecule has 0 aliphatic carbocycles. The Morgan fingerprint density at radius 2 is 2.55 bits per heavy atom. The molecule has 0 unspecified atom stereocenters. The third kappa shape index (κ3) is 3.31. The average molecular weight is 235 g/mol. The molecular weight excluding hydrogens is 224 g/mol. The molecule has 0 aliphatic heterocycles. The summed E-state index contributed by atoms with van der Waals surface area (Å²) in [4.78, 5) is 6.44. The Kier molecular flexibility index (Phi) is 4.04. The summed E-state index contributed by atoms with van der Waals surface area (Å²) in [6, 6.07) is 0. The van der Waals surface area contributed by atoms with E-state index in [1.54, 1.807) is 11.3 Å². The number of nitrogens with zero attached hydrogens (tertiary/aromatic N) is 2. The van der Waals surface area contributed by atoms with Crippen molar-refractivity contribution in [2.75, 3.05) is 18.9 Å². The molecule has 11 heavy (non-hydrogen) atoms. The maximum absolute atomic E-state index is 4.20. The molecule has 0 fully saturated rings. The molecule has 0 aliphatic rings. The average Bonchev–Trinajstić information content (AvgIpc) is 2.40. The first-order chi connectivity index (χ1) is 5.33. The molecule has 62 valence electrons. The SMILES string of the molecule is CN(CCBr)Cc1nccs1. The van der Waals surface area contributed by atoms with Crippen molar-refractivity contribution >= 4 is 27.3 Å². The molecule has 1 aromatic heterocycles. The van der Waals surface area contributed by atoms with Gasteiger partial charge in [-0.25, -0.2) is 4.98 Å². The topological polar surface area (TPSA) is 16.1 Å². The summed E-state index contributed by atoms with van der Waals surface area (Å²) in [5, 5.41) is 4.22. The molecule has 0 amide bonds. The van der Waals surface area contributed by atoms with Crippen LogP contribution in [0.4, 0.5) is 0 Å². The van der Waals surface area contributed by atoms with E-state index < -0.39 is 0 Å². The van der Waals surface area contributed by atoms with Crippen molar-refractivity contribution in [3.05, 3.63) is 16.6 Å². The van der Waals surface area contributed by atoms with E-state index in [0.29, 0.717) is 0 Å². The van der Waals surface area contributed by atoms with E-state index in [2.05, 4.69) is 32.9 Å². The van der Waals surface area contributed by atoms with Crippen molar-refractivity contribution in [3.63, 3.8) is 0 Å². The molecule has 1 aromatic rings. The van der Waals surface area contributed by atoms with Gasteiger partial charge in [0.25, 0.3) is 0 Å². The normalized spacial score (nSPS) is 10.8. The van der Waals surface area contributed by atoms with Gasteiger partial charge in [-0.15, -0.1) is 11.3 Å². The third-order valence-electron chi connectivity index (χ3n) is 1.35. The van der Waals surface area contributed by atoms with Gasteiger partial charge in [-0.2, -0.15) is 0 Å². The second-order valence-electron chi connectivity index (χ2n) is 2.35. The van der Waals surface area contributed by atoms with Crippen LogP contribution in [0.25, 0.3) is 0 Å². The summed E-state index contributed by atoms with van der Waals surface area (Å²) in [6.45, 7) is 2.03. The Morgan fingerprint density at radius 3 is 3.09 bits per heavy atom. The van der Waals surface area contributed by atoms with Gasteiger partial charge in [-0.05, 0) is 7.05 Å². The fraction of sp³-hybridized carbons (Fsp3) is 0.571. The van der Waals surface area contributed by atoms with Gasteiger partial charge in [0.05, 0.1) is 6.54 Å². The van der Waals surface area contributed by atoms with E-state index in [-0.39, 0.29) is 0 Å². The first kappa shape index (κ1) is 9.16. The number of alkyl halides is 1. The van der Waals surface area contributed by atoms with Gasteiger partial charge in [0.15, 0.2) is 0 Å². The molecule has 0 spiro atoms. The predicted molar refractivity (Wildman–Crippen MR) is 52.2 cm³/mol. The molecular formula is C7H11BrN2S. The summed E-state index contributed by atoms with van der Waals surface area (Å²) >= 11 is 5.10. The van der Waals surface area contributed by atoms with E-state index in [1.165, 1.54) is 5.01 Å². The lowest BCUT2D eigenvalue weighted by atomic mass is 10.5. The third-order valence-corrected chi connectivity index (χ3v) is 2.47. The summed E-state index contributed by atoms with van der Waals surface area (Å²) in [7, 11) is 2.10. The maximum Gasteiger partial charge on any atom is 0.107 e. The largest absolute Gasteiger partial charge is 0.299 e. The van der Waals surface area contributed by atoms with Crippen molar-refractivity contribution in [3.8, 4) is 0 Å². The van der Waals surface area contributed by atoms with Crippen molar-refractivity contribution < 1.29 is 0 Å². The van der Waals surface area contributed by atoms with Crippen LogP contribution >= 0.6 is 27.3 Å². The minimum atomic E-state index is 0.962. The van der Waals surface area contributed by atoms with Crippen LogP contribution in [0.15, 0.2) is 11.6 Å². The first-order valence-electron chi connectivity index (χ1n) is 3.46. The van der Waals surface area contributed by atoms with E-state index in [0.717, 1.165) is 18.4 Å². The zero-order valence-corrected chi connectivity index (χ0v) is 8.86. The van der Waals surface area contributed by atoms with Crippen LogP contribution in [-0.4, -0.2) is 28.8 Å². The van der Waals surface area contributed by atoms with Gasteiger partial charge in [-0.1, -0.05) is 15.9 Å².